The quantitative estimate of drug-likeness (QED) is 0.836. The molecule has 2 rings (SSSR count). The van der Waals surface area contributed by atoms with Crippen molar-refractivity contribution < 1.29 is 4.79 Å². The third-order valence-electron chi connectivity index (χ3n) is 3.58. The Labute approximate surface area is 129 Å². The van der Waals surface area contributed by atoms with Crippen LogP contribution in [-0.4, -0.2) is 43.0 Å². The summed E-state index contributed by atoms with van der Waals surface area (Å²) in [4.78, 5) is 14.2. The number of likely N-dealkylation sites (N-methyl/N-ethyl adjacent to an activating group) is 1. The molecule has 110 valence electrons. The summed E-state index contributed by atoms with van der Waals surface area (Å²) in [5, 5.41) is 6.41. The maximum atomic E-state index is 12.1. The highest BCUT2D eigenvalue weighted by atomic mass is 79.9. The van der Waals surface area contributed by atoms with Gasteiger partial charge in [-0.3, -0.25) is 9.69 Å². The Morgan fingerprint density at radius 3 is 2.80 bits per heavy atom. The minimum absolute atomic E-state index is 0.0483. The molecule has 0 radical (unpaired) electrons. The third kappa shape index (κ3) is 4.89. The van der Waals surface area contributed by atoms with Crippen LogP contribution in [0.2, 0.25) is 0 Å². The number of carbonyl (C=O) groups is 1. The molecule has 0 spiro atoms. The van der Waals surface area contributed by atoms with Crippen LogP contribution in [0.4, 0.5) is 5.69 Å². The van der Waals surface area contributed by atoms with Crippen LogP contribution in [0, 0.1) is 0 Å². The molecule has 1 aliphatic rings. The van der Waals surface area contributed by atoms with Gasteiger partial charge >= 0.3 is 0 Å². The van der Waals surface area contributed by atoms with E-state index in [2.05, 4.69) is 38.4 Å². The summed E-state index contributed by atoms with van der Waals surface area (Å²) >= 11 is 3.38. The minimum Gasteiger partial charge on any atom is -0.325 e. The summed E-state index contributed by atoms with van der Waals surface area (Å²) in [7, 11) is 0. The number of halogens is 1. The summed E-state index contributed by atoms with van der Waals surface area (Å²) in [6, 6.07) is 8.19. The van der Waals surface area contributed by atoms with Gasteiger partial charge < -0.3 is 10.6 Å². The summed E-state index contributed by atoms with van der Waals surface area (Å²) in [5.74, 6) is 0.0483. The van der Waals surface area contributed by atoms with Crippen LogP contribution in [0.25, 0.3) is 0 Å². The molecule has 5 heteroatoms. The van der Waals surface area contributed by atoms with Crippen LogP contribution in [0.5, 0.6) is 0 Å². The molecule has 1 unspecified atom stereocenters. The van der Waals surface area contributed by atoms with Crippen molar-refractivity contribution in [2.75, 3.05) is 31.5 Å². The van der Waals surface area contributed by atoms with Crippen molar-refractivity contribution >= 4 is 27.5 Å². The van der Waals surface area contributed by atoms with Crippen LogP contribution in [0.15, 0.2) is 28.7 Å². The second-order valence-electron chi connectivity index (χ2n) is 5.18. The molecule has 1 aromatic rings. The fourth-order valence-corrected chi connectivity index (χ4v) is 2.73. The van der Waals surface area contributed by atoms with E-state index in [4.69, 9.17) is 0 Å². The summed E-state index contributed by atoms with van der Waals surface area (Å²) in [6.07, 6.45) is 2.46. The second kappa shape index (κ2) is 7.76. The fourth-order valence-electron chi connectivity index (χ4n) is 2.47. The van der Waals surface area contributed by atoms with E-state index in [0.717, 1.165) is 29.8 Å². The monoisotopic (exact) mass is 339 g/mol. The Balaban J connectivity index is 1.80. The lowest BCUT2D eigenvalue weighted by Gasteiger charge is -2.23. The smallest absolute Gasteiger partial charge is 0.238 e. The van der Waals surface area contributed by atoms with Gasteiger partial charge in [0.2, 0.25) is 5.91 Å². The zero-order valence-corrected chi connectivity index (χ0v) is 13.4. The number of amides is 1. The van der Waals surface area contributed by atoms with E-state index in [0.29, 0.717) is 12.6 Å². The van der Waals surface area contributed by atoms with Crippen LogP contribution in [-0.2, 0) is 4.79 Å². The minimum atomic E-state index is 0.0483. The zero-order valence-electron chi connectivity index (χ0n) is 11.9. The standard InChI is InChI=1S/C15H22BrN3O/c1-2-19(10-14-4-3-9-17-14)11-15(20)18-13-7-5-12(16)6-8-13/h5-8,14,17H,2-4,9-11H2,1H3,(H,18,20). The average Bonchev–Trinajstić information content (AvgIpc) is 2.93. The van der Waals surface area contributed by atoms with E-state index in [-0.39, 0.29) is 5.91 Å². The molecule has 1 fully saturated rings. The molecular weight excluding hydrogens is 318 g/mol. The molecule has 1 saturated heterocycles. The highest BCUT2D eigenvalue weighted by molar-refractivity contribution is 9.10. The number of benzene rings is 1. The first kappa shape index (κ1) is 15.5. The number of hydrogen-bond donors (Lipinski definition) is 2. The van der Waals surface area contributed by atoms with E-state index in [1.807, 2.05) is 24.3 Å². The Bertz CT molecular complexity index is 429. The maximum Gasteiger partial charge on any atom is 0.238 e. The summed E-state index contributed by atoms with van der Waals surface area (Å²) in [5.41, 5.74) is 0.841. The van der Waals surface area contributed by atoms with Crippen LogP contribution < -0.4 is 10.6 Å². The number of nitrogens with one attached hydrogen (secondary N) is 2. The van der Waals surface area contributed by atoms with Gasteiger partial charge in [-0.15, -0.1) is 0 Å². The second-order valence-corrected chi connectivity index (χ2v) is 6.09. The predicted molar refractivity (Wildman–Crippen MR) is 85.9 cm³/mol. The number of nitrogens with zero attached hydrogens (tertiary/aromatic N) is 1. The molecule has 0 aromatic heterocycles. The molecule has 2 N–H and O–H groups in total. The number of carbonyl (C=O) groups excluding carboxylic acids is 1. The average molecular weight is 340 g/mol. The topological polar surface area (TPSA) is 44.4 Å². The SMILES string of the molecule is CCN(CC(=O)Nc1ccc(Br)cc1)CC1CCCN1. The molecule has 1 amide bonds. The molecule has 1 aliphatic heterocycles. The molecule has 0 bridgehead atoms. The Morgan fingerprint density at radius 2 is 2.20 bits per heavy atom. The molecule has 1 heterocycles. The van der Waals surface area contributed by atoms with E-state index in [1.165, 1.54) is 12.8 Å². The Morgan fingerprint density at radius 1 is 1.45 bits per heavy atom. The lowest BCUT2D eigenvalue weighted by Crippen LogP contribution is -2.41. The first-order chi connectivity index (χ1) is 9.67. The van der Waals surface area contributed by atoms with Gasteiger partial charge in [-0.2, -0.15) is 0 Å². The van der Waals surface area contributed by atoms with Crippen molar-refractivity contribution in [2.24, 2.45) is 0 Å². The van der Waals surface area contributed by atoms with Gasteiger partial charge in [0.25, 0.3) is 0 Å². The predicted octanol–water partition coefficient (Wildman–Crippen LogP) is 2.46. The number of anilines is 1. The van der Waals surface area contributed by atoms with Crippen molar-refractivity contribution in [3.8, 4) is 0 Å². The first-order valence-electron chi connectivity index (χ1n) is 7.18. The molecule has 20 heavy (non-hydrogen) atoms. The van der Waals surface area contributed by atoms with Crippen molar-refractivity contribution in [2.45, 2.75) is 25.8 Å². The molecule has 0 aliphatic carbocycles. The van der Waals surface area contributed by atoms with Crippen LogP contribution in [0.3, 0.4) is 0 Å². The summed E-state index contributed by atoms with van der Waals surface area (Å²) < 4.78 is 1.01. The van der Waals surface area contributed by atoms with E-state index >= 15 is 0 Å². The van der Waals surface area contributed by atoms with Crippen molar-refractivity contribution in [1.82, 2.24) is 10.2 Å². The molecule has 1 atom stereocenters. The molecule has 0 saturated carbocycles. The lowest BCUT2D eigenvalue weighted by molar-refractivity contribution is -0.117. The van der Waals surface area contributed by atoms with Gasteiger partial charge in [-0.1, -0.05) is 22.9 Å². The van der Waals surface area contributed by atoms with Crippen LogP contribution >= 0.6 is 15.9 Å². The maximum absolute atomic E-state index is 12.1. The van der Waals surface area contributed by atoms with Crippen LogP contribution in [0.1, 0.15) is 19.8 Å². The van der Waals surface area contributed by atoms with E-state index < -0.39 is 0 Å². The highest BCUT2D eigenvalue weighted by Gasteiger charge is 2.18. The molecular formula is C15H22BrN3O. The molecule has 4 nitrogen and oxygen atoms in total. The van der Waals surface area contributed by atoms with E-state index in [9.17, 15) is 4.79 Å². The van der Waals surface area contributed by atoms with Crippen molar-refractivity contribution in [1.29, 1.82) is 0 Å². The summed E-state index contributed by atoms with van der Waals surface area (Å²) in [6.45, 7) is 5.50. The van der Waals surface area contributed by atoms with Crippen molar-refractivity contribution in [3.63, 3.8) is 0 Å². The van der Waals surface area contributed by atoms with E-state index in [1.54, 1.807) is 0 Å². The normalized spacial score (nSPS) is 18.4. The van der Waals surface area contributed by atoms with Gasteiger partial charge in [-0.05, 0) is 50.2 Å². The zero-order chi connectivity index (χ0) is 14.4. The van der Waals surface area contributed by atoms with Gasteiger partial charge in [0.15, 0.2) is 0 Å². The fraction of sp³-hybridized carbons (Fsp3) is 0.533. The van der Waals surface area contributed by atoms with Gasteiger partial charge in [0, 0.05) is 22.7 Å². The van der Waals surface area contributed by atoms with Gasteiger partial charge in [-0.25, -0.2) is 0 Å². The Kier molecular flexibility index (Phi) is 6.01. The highest BCUT2D eigenvalue weighted by Crippen LogP contribution is 2.14. The third-order valence-corrected chi connectivity index (χ3v) is 4.11. The van der Waals surface area contributed by atoms with Gasteiger partial charge in [0.1, 0.15) is 0 Å². The largest absolute Gasteiger partial charge is 0.325 e. The lowest BCUT2D eigenvalue weighted by atomic mass is 10.2. The van der Waals surface area contributed by atoms with Gasteiger partial charge in [0.05, 0.1) is 6.54 Å². The van der Waals surface area contributed by atoms with Crippen molar-refractivity contribution in [3.05, 3.63) is 28.7 Å². The number of rotatable bonds is 6. The first-order valence-corrected chi connectivity index (χ1v) is 7.98. The number of hydrogen-bond acceptors (Lipinski definition) is 3. The Hall–Kier alpha value is -0.910. The molecule has 1 aromatic carbocycles.